The Balaban J connectivity index is 2.05. The van der Waals surface area contributed by atoms with Crippen LogP contribution in [0.15, 0.2) is 54.6 Å². The molecule has 0 radical (unpaired) electrons. The molecule has 2 aromatic rings. The van der Waals surface area contributed by atoms with E-state index < -0.39 is 0 Å². The van der Waals surface area contributed by atoms with Crippen molar-refractivity contribution in [2.75, 3.05) is 18.5 Å². The zero-order valence-corrected chi connectivity index (χ0v) is 12.0. The smallest absolute Gasteiger partial charge is 0.127 e. The van der Waals surface area contributed by atoms with Gasteiger partial charge in [0.1, 0.15) is 5.82 Å². The molecular formula is C17H21FN2. The highest BCUT2D eigenvalue weighted by atomic mass is 19.1. The van der Waals surface area contributed by atoms with Crippen molar-refractivity contribution in [2.24, 2.45) is 11.7 Å². The first kappa shape index (κ1) is 14.5. The second-order valence-corrected chi connectivity index (χ2v) is 5.24. The first-order valence-corrected chi connectivity index (χ1v) is 6.86. The van der Waals surface area contributed by atoms with E-state index in [1.807, 2.05) is 31.3 Å². The average molecular weight is 272 g/mol. The highest BCUT2D eigenvalue weighted by Gasteiger charge is 2.19. The van der Waals surface area contributed by atoms with Crippen molar-refractivity contribution < 1.29 is 4.39 Å². The van der Waals surface area contributed by atoms with Gasteiger partial charge in [-0.1, -0.05) is 43.3 Å². The Morgan fingerprint density at radius 2 is 1.65 bits per heavy atom. The van der Waals surface area contributed by atoms with Gasteiger partial charge >= 0.3 is 0 Å². The number of benzene rings is 2. The fourth-order valence-electron chi connectivity index (χ4n) is 2.39. The Morgan fingerprint density at radius 3 is 2.30 bits per heavy atom. The SMILES string of the molecule is CC(CN(C)c1ccccc1)C(N)c1ccccc1F. The minimum Gasteiger partial charge on any atom is -0.374 e. The molecule has 20 heavy (non-hydrogen) atoms. The first-order chi connectivity index (χ1) is 9.59. The number of para-hydroxylation sites is 1. The second kappa shape index (κ2) is 6.53. The lowest BCUT2D eigenvalue weighted by atomic mass is 9.94. The molecule has 106 valence electrons. The minimum atomic E-state index is -0.303. The molecule has 0 aliphatic rings. The van der Waals surface area contributed by atoms with E-state index in [2.05, 4.69) is 24.0 Å². The maximum absolute atomic E-state index is 13.8. The zero-order chi connectivity index (χ0) is 14.5. The Labute approximate surface area is 120 Å². The van der Waals surface area contributed by atoms with Gasteiger partial charge in [0.15, 0.2) is 0 Å². The van der Waals surface area contributed by atoms with Crippen molar-refractivity contribution in [3.05, 3.63) is 66.0 Å². The van der Waals surface area contributed by atoms with E-state index in [9.17, 15) is 4.39 Å². The van der Waals surface area contributed by atoms with Crippen molar-refractivity contribution in [1.29, 1.82) is 0 Å². The predicted molar refractivity (Wildman–Crippen MR) is 82.2 cm³/mol. The zero-order valence-electron chi connectivity index (χ0n) is 12.0. The summed E-state index contributed by atoms with van der Waals surface area (Å²) in [4.78, 5) is 2.14. The summed E-state index contributed by atoms with van der Waals surface area (Å²) in [7, 11) is 2.03. The monoisotopic (exact) mass is 272 g/mol. The summed E-state index contributed by atoms with van der Waals surface area (Å²) >= 11 is 0. The highest BCUT2D eigenvalue weighted by Crippen LogP contribution is 2.24. The van der Waals surface area contributed by atoms with Gasteiger partial charge in [0.25, 0.3) is 0 Å². The lowest BCUT2D eigenvalue weighted by Gasteiger charge is -2.27. The average Bonchev–Trinajstić information content (AvgIpc) is 2.48. The lowest BCUT2D eigenvalue weighted by Crippen LogP contribution is -2.31. The molecule has 2 atom stereocenters. The van der Waals surface area contributed by atoms with Crippen LogP contribution in [-0.4, -0.2) is 13.6 Å². The fourth-order valence-corrected chi connectivity index (χ4v) is 2.39. The van der Waals surface area contributed by atoms with E-state index >= 15 is 0 Å². The standard InChI is InChI=1S/C17H21FN2/c1-13(12-20(2)14-8-4-3-5-9-14)17(19)15-10-6-7-11-16(15)18/h3-11,13,17H,12,19H2,1-2H3. The normalized spacial score (nSPS) is 13.8. The topological polar surface area (TPSA) is 29.3 Å². The second-order valence-electron chi connectivity index (χ2n) is 5.24. The van der Waals surface area contributed by atoms with Gasteiger partial charge in [0.2, 0.25) is 0 Å². The number of anilines is 1. The van der Waals surface area contributed by atoms with Crippen LogP contribution in [0.3, 0.4) is 0 Å². The Kier molecular flexibility index (Phi) is 4.74. The van der Waals surface area contributed by atoms with Crippen LogP contribution >= 0.6 is 0 Å². The van der Waals surface area contributed by atoms with Gasteiger partial charge < -0.3 is 10.6 Å². The quantitative estimate of drug-likeness (QED) is 0.901. The molecule has 2 aromatic carbocycles. The molecule has 0 fully saturated rings. The Bertz CT molecular complexity index is 542. The molecule has 2 N–H and O–H groups in total. The van der Waals surface area contributed by atoms with Crippen LogP contribution in [0.2, 0.25) is 0 Å². The van der Waals surface area contributed by atoms with Crippen LogP contribution in [0, 0.1) is 11.7 Å². The summed E-state index contributed by atoms with van der Waals surface area (Å²) < 4.78 is 13.8. The number of hydrogen-bond donors (Lipinski definition) is 1. The molecule has 2 nitrogen and oxygen atoms in total. The Morgan fingerprint density at radius 1 is 1.05 bits per heavy atom. The molecule has 0 saturated heterocycles. The third-order valence-corrected chi connectivity index (χ3v) is 3.64. The number of halogens is 1. The van der Waals surface area contributed by atoms with Crippen LogP contribution < -0.4 is 10.6 Å². The van der Waals surface area contributed by atoms with Gasteiger partial charge in [-0.15, -0.1) is 0 Å². The molecule has 3 heteroatoms. The molecule has 2 rings (SSSR count). The fraction of sp³-hybridized carbons (Fsp3) is 0.294. The molecule has 0 aromatic heterocycles. The number of nitrogens with zero attached hydrogens (tertiary/aromatic N) is 1. The summed E-state index contributed by atoms with van der Waals surface area (Å²) in [6.45, 7) is 2.83. The van der Waals surface area contributed by atoms with Gasteiger partial charge in [-0.3, -0.25) is 0 Å². The van der Waals surface area contributed by atoms with Gasteiger partial charge in [-0.2, -0.15) is 0 Å². The molecule has 0 amide bonds. The maximum Gasteiger partial charge on any atom is 0.127 e. The van der Waals surface area contributed by atoms with E-state index in [-0.39, 0.29) is 17.8 Å². The van der Waals surface area contributed by atoms with Crippen LogP contribution in [0.4, 0.5) is 10.1 Å². The highest BCUT2D eigenvalue weighted by molar-refractivity contribution is 5.45. The van der Waals surface area contributed by atoms with E-state index in [4.69, 9.17) is 5.73 Å². The van der Waals surface area contributed by atoms with Crippen molar-refractivity contribution in [3.8, 4) is 0 Å². The molecule has 0 spiro atoms. The van der Waals surface area contributed by atoms with Gasteiger partial charge in [0.05, 0.1) is 0 Å². The van der Waals surface area contributed by atoms with Crippen LogP contribution in [0.25, 0.3) is 0 Å². The number of nitrogens with two attached hydrogens (primary N) is 1. The third-order valence-electron chi connectivity index (χ3n) is 3.64. The van der Waals surface area contributed by atoms with Gasteiger partial charge in [-0.05, 0) is 24.1 Å². The van der Waals surface area contributed by atoms with Crippen LogP contribution in [-0.2, 0) is 0 Å². The molecule has 0 bridgehead atoms. The molecular weight excluding hydrogens is 251 g/mol. The lowest BCUT2D eigenvalue weighted by molar-refractivity contribution is 0.453. The Hall–Kier alpha value is -1.87. The van der Waals surface area contributed by atoms with Crippen LogP contribution in [0.1, 0.15) is 18.5 Å². The van der Waals surface area contributed by atoms with E-state index in [0.717, 1.165) is 12.2 Å². The number of rotatable bonds is 5. The van der Waals surface area contributed by atoms with Crippen molar-refractivity contribution in [2.45, 2.75) is 13.0 Å². The van der Waals surface area contributed by atoms with Gasteiger partial charge in [-0.25, -0.2) is 4.39 Å². The predicted octanol–water partition coefficient (Wildman–Crippen LogP) is 3.60. The molecule has 2 unspecified atom stereocenters. The summed E-state index contributed by atoms with van der Waals surface area (Å²) in [5.74, 6) is -0.0775. The van der Waals surface area contributed by atoms with Crippen molar-refractivity contribution in [3.63, 3.8) is 0 Å². The third kappa shape index (κ3) is 3.36. The number of hydrogen-bond acceptors (Lipinski definition) is 2. The molecule has 0 saturated carbocycles. The van der Waals surface area contributed by atoms with Crippen molar-refractivity contribution >= 4 is 5.69 Å². The summed E-state index contributed by atoms with van der Waals surface area (Å²) in [5, 5.41) is 0. The molecule has 0 aliphatic carbocycles. The molecule has 0 aliphatic heterocycles. The maximum atomic E-state index is 13.8. The van der Waals surface area contributed by atoms with Gasteiger partial charge in [0, 0.05) is 30.9 Å². The van der Waals surface area contributed by atoms with E-state index in [1.54, 1.807) is 12.1 Å². The van der Waals surface area contributed by atoms with Crippen molar-refractivity contribution in [1.82, 2.24) is 0 Å². The minimum absolute atomic E-state index is 0.150. The largest absolute Gasteiger partial charge is 0.374 e. The molecule has 0 heterocycles. The van der Waals surface area contributed by atoms with Crippen LogP contribution in [0.5, 0.6) is 0 Å². The van der Waals surface area contributed by atoms with E-state index in [1.165, 1.54) is 6.07 Å². The summed E-state index contributed by atoms with van der Waals surface area (Å²) in [6.07, 6.45) is 0. The summed E-state index contributed by atoms with van der Waals surface area (Å²) in [5.41, 5.74) is 7.92. The summed E-state index contributed by atoms with van der Waals surface area (Å²) in [6, 6.07) is 16.6. The first-order valence-electron chi connectivity index (χ1n) is 6.86. The van der Waals surface area contributed by atoms with E-state index in [0.29, 0.717) is 5.56 Å².